The minimum atomic E-state index is 0.645. The molecule has 3 aromatic heterocycles. The average molecular weight is 731 g/mol. The van der Waals surface area contributed by atoms with E-state index in [1.54, 1.807) is 11.3 Å². The Hall–Kier alpha value is -7.14. The molecule has 0 aliphatic rings. The van der Waals surface area contributed by atoms with Crippen molar-refractivity contribution in [3.8, 4) is 44.9 Å². The van der Waals surface area contributed by atoms with Gasteiger partial charge < -0.3 is 4.42 Å². The highest BCUT2D eigenvalue weighted by Gasteiger charge is 2.22. The van der Waals surface area contributed by atoms with E-state index in [4.69, 9.17) is 14.4 Å². The van der Waals surface area contributed by atoms with E-state index in [9.17, 15) is 0 Å². The quantitative estimate of drug-likeness (QED) is 0.181. The second-order valence-electron chi connectivity index (χ2n) is 14.5. The van der Waals surface area contributed by atoms with Gasteiger partial charge in [0.2, 0.25) is 0 Å². The van der Waals surface area contributed by atoms with E-state index < -0.39 is 0 Å². The van der Waals surface area contributed by atoms with Gasteiger partial charge >= 0.3 is 0 Å². The van der Waals surface area contributed by atoms with Gasteiger partial charge in [0.15, 0.2) is 5.82 Å². The maximum Gasteiger partial charge on any atom is 0.164 e. The lowest BCUT2D eigenvalue weighted by molar-refractivity contribution is 0.670. The van der Waals surface area contributed by atoms with Gasteiger partial charge in [0, 0.05) is 26.4 Å². The molecule has 12 rings (SSSR count). The normalized spacial score (nSPS) is 11.9. The molecule has 0 fully saturated rings. The van der Waals surface area contributed by atoms with Crippen LogP contribution in [0.3, 0.4) is 0 Å². The lowest BCUT2D eigenvalue weighted by atomic mass is 9.94. The zero-order valence-electron chi connectivity index (χ0n) is 30.0. The molecule has 56 heavy (non-hydrogen) atoms. The van der Waals surface area contributed by atoms with Gasteiger partial charge in [-0.1, -0.05) is 146 Å². The molecule has 0 aliphatic heterocycles. The highest BCUT2D eigenvalue weighted by atomic mass is 32.1. The van der Waals surface area contributed by atoms with Crippen molar-refractivity contribution in [1.82, 2.24) is 9.97 Å². The van der Waals surface area contributed by atoms with Crippen LogP contribution in [-0.4, -0.2) is 9.97 Å². The predicted octanol–water partition coefficient (Wildman–Crippen LogP) is 14.9. The maximum atomic E-state index is 6.86. The van der Waals surface area contributed by atoms with Crippen LogP contribution in [0.15, 0.2) is 186 Å². The zero-order chi connectivity index (χ0) is 36.7. The third kappa shape index (κ3) is 4.90. The molecule has 260 valence electrons. The van der Waals surface area contributed by atoms with E-state index in [1.807, 2.05) is 0 Å². The summed E-state index contributed by atoms with van der Waals surface area (Å²) in [6.07, 6.45) is 0. The first-order chi connectivity index (χ1) is 27.7. The van der Waals surface area contributed by atoms with E-state index in [-0.39, 0.29) is 0 Å². The largest absolute Gasteiger partial charge is 0.455 e. The van der Waals surface area contributed by atoms with Gasteiger partial charge in [-0.2, -0.15) is 0 Å². The van der Waals surface area contributed by atoms with Crippen molar-refractivity contribution in [1.29, 1.82) is 0 Å². The zero-order valence-corrected chi connectivity index (χ0v) is 30.8. The van der Waals surface area contributed by atoms with Crippen LogP contribution in [0.1, 0.15) is 0 Å². The summed E-state index contributed by atoms with van der Waals surface area (Å²) in [5.74, 6) is 0.645. The molecule has 9 aromatic carbocycles. The van der Waals surface area contributed by atoms with Crippen LogP contribution in [-0.2, 0) is 0 Å². The maximum absolute atomic E-state index is 6.86. The summed E-state index contributed by atoms with van der Waals surface area (Å²) in [6, 6.07) is 65.1. The number of fused-ring (bicyclic) bond motifs is 9. The molecule has 0 saturated carbocycles. The average Bonchev–Trinajstić information content (AvgIpc) is 3.82. The molecule has 12 aromatic rings. The molecule has 3 nitrogen and oxygen atoms in total. The molecule has 0 bridgehead atoms. The van der Waals surface area contributed by atoms with Gasteiger partial charge in [-0.25, -0.2) is 9.97 Å². The van der Waals surface area contributed by atoms with Crippen molar-refractivity contribution in [2.45, 2.75) is 0 Å². The van der Waals surface area contributed by atoms with Crippen LogP contribution < -0.4 is 0 Å². The van der Waals surface area contributed by atoms with E-state index in [2.05, 4.69) is 182 Å². The van der Waals surface area contributed by atoms with Crippen molar-refractivity contribution >= 4 is 85.9 Å². The molecule has 0 spiro atoms. The Kier molecular flexibility index (Phi) is 6.80. The molecule has 0 aliphatic carbocycles. The van der Waals surface area contributed by atoms with E-state index in [0.29, 0.717) is 5.82 Å². The number of hydrogen-bond donors (Lipinski definition) is 0. The highest BCUT2D eigenvalue weighted by molar-refractivity contribution is 7.26. The highest BCUT2D eigenvalue weighted by Crippen LogP contribution is 2.44. The Morgan fingerprint density at radius 1 is 0.393 bits per heavy atom. The molecule has 0 N–H and O–H groups in total. The minimum absolute atomic E-state index is 0.645. The van der Waals surface area contributed by atoms with Gasteiger partial charge in [-0.05, 0) is 91.0 Å². The fourth-order valence-electron chi connectivity index (χ4n) is 8.46. The first kappa shape index (κ1) is 31.2. The Bertz CT molecular complexity index is 3530. The van der Waals surface area contributed by atoms with Gasteiger partial charge in [-0.15, -0.1) is 11.3 Å². The molecule has 4 heteroatoms. The molecule has 0 saturated heterocycles. The summed E-state index contributed by atoms with van der Waals surface area (Å²) in [5, 5.41) is 10.4. The number of hydrogen-bond acceptors (Lipinski definition) is 4. The standard InChI is InChI=1S/C52H30N2OS/c1-2-12-35-26-38(25-22-31(35)10-1)48-51-49(42-17-7-8-19-47(42)56-51)54-52(53-48)45-29-39(28-44-43-27-36-13-3-4-14-37(36)30-46(43)55-50(44)45)32-20-23-34(24-21-32)41-18-9-15-33-11-5-6-16-40(33)41/h1-30H. The third-order valence-electron chi connectivity index (χ3n) is 11.2. The SMILES string of the molecule is c1ccc2cc(-c3nc(-c4cc(-c5ccc(-c6cccc7ccccc67)cc5)cc5c4oc4cc6ccccc6cc45)nc4c3sc3ccccc34)ccc2c1. The van der Waals surface area contributed by atoms with Crippen molar-refractivity contribution in [2.75, 3.05) is 0 Å². The predicted molar refractivity (Wildman–Crippen MR) is 236 cm³/mol. The summed E-state index contributed by atoms with van der Waals surface area (Å²) in [4.78, 5) is 10.9. The van der Waals surface area contributed by atoms with E-state index in [0.717, 1.165) is 70.9 Å². The minimum Gasteiger partial charge on any atom is -0.455 e. The Morgan fingerprint density at radius 3 is 1.89 bits per heavy atom. The molecular weight excluding hydrogens is 701 g/mol. The van der Waals surface area contributed by atoms with Crippen molar-refractivity contribution in [3.05, 3.63) is 182 Å². The first-order valence-electron chi connectivity index (χ1n) is 18.9. The summed E-state index contributed by atoms with van der Waals surface area (Å²) in [6.45, 7) is 0. The Labute approximate surface area is 325 Å². The van der Waals surface area contributed by atoms with E-state index >= 15 is 0 Å². The van der Waals surface area contributed by atoms with Crippen LogP contribution in [0.5, 0.6) is 0 Å². The fourth-order valence-corrected chi connectivity index (χ4v) is 9.61. The van der Waals surface area contributed by atoms with Gasteiger partial charge in [0.25, 0.3) is 0 Å². The van der Waals surface area contributed by atoms with Crippen LogP contribution in [0.2, 0.25) is 0 Å². The smallest absolute Gasteiger partial charge is 0.164 e. The first-order valence-corrected chi connectivity index (χ1v) is 19.7. The van der Waals surface area contributed by atoms with Gasteiger partial charge in [-0.3, -0.25) is 0 Å². The summed E-state index contributed by atoms with van der Waals surface area (Å²) in [5.41, 5.74) is 10.1. The Morgan fingerprint density at radius 2 is 1.05 bits per heavy atom. The van der Waals surface area contributed by atoms with Gasteiger partial charge in [0.1, 0.15) is 11.2 Å². The second-order valence-corrected chi connectivity index (χ2v) is 15.6. The number of aromatic nitrogens is 2. The van der Waals surface area contributed by atoms with Crippen LogP contribution in [0, 0.1) is 0 Å². The van der Waals surface area contributed by atoms with Crippen molar-refractivity contribution in [3.63, 3.8) is 0 Å². The molecule has 0 unspecified atom stereocenters. The molecular formula is C52H30N2OS. The summed E-state index contributed by atoms with van der Waals surface area (Å²) in [7, 11) is 0. The molecule has 3 heterocycles. The van der Waals surface area contributed by atoms with Crippen LogP contribution >= 0.6 is 11.3 Å². The van der Waals surface area contributed by atoms with Gasteiger partial charge in [0.05, 0.1) is 21.5 Å². The lowest BCUT2D eigenvalue weighted by Gasteiger charge is -2.11. The third-order valence-corrected chi connectivity index (χ3v) is 12.4. The van der Waals surface area contributed by atoms with E-state index in [1.165, 1.54) is 42.8 Å². The summed E-state index contributed by atoms with van der Waals surface area (Å²) < 4.78 is 9.13. The van der Waals surface area contributed by atoms with Crippen LogP contribution in [0.25, 0.3) is 119 Å². The fraction of sp³-hybridized carbons (Fsp3) is 0. The number of benzene rings is 9. The molecule has 0 atom stereocenters. The second kappa shape index (κ2) is 12.2. The number of thiophene rings is 1. The Balaban J connectivity index is 1.12. The molecule has 0 amide bonds. The number of furan rings is 1. The van der Waals surface area contributed by atoms with Crippen molar-refractivity contribution < 1.29 is 4.42 Å². The summed E-state index contributed by atoms with van der Waals surface area (Å²) >= 11 is 1.75. The topological polar surface area (TPSA) is 38.9 Å². The van der Waals surface area contributed by atoms with Crippen molar-refractivity contribution in [2.24, 2.45) is 0 Å². The lowest BCUT2D eigenvalue weighted by Crippen LogP contribution is -1.95. The number of rotatable bonds is 4. The monoisotopic (exact) mass is 730 g/mol. The molecule has 0 radical (unpaired) electrons. The van der Waals surface area contributed by atoms with Crippen LogP contribution in [0.4, 0.5) is 0 Å². The number of nitrogens with zero attached hydrogens (tertiary/aromatic N) is 2.